The van der Waals surface area contributed by atoms with Gasteiger partial charge in [0.1, 0.15) is 0 Å². The molecule has 19 heavy (non-hydrogen) atoms. The molecule has 0 spiro atoms. The lowest BCUT2D eigenvalue weighted by Crippen LogP contribution is -2.43. The van der Waals surface area contributed by atoms with Crippen LogP contribution in [0.5, 0.6) is 0 Å². The quantitative estimate of drug-likeness (QED) is 0.784. The molecule has 1 amide bonds. The van der Waals surface area contributed by atoms with Crippen LogP contribution in [0.2, 0.25) is 0 Å². The number of nitrogens with one attached hydrogen (secondary N) is 1. The van der Waals surface area contributed by atoms with Crippen LogP contribution in [0.4, 0.5) is 0 Å². The van der Waals surface area contributed by atoms with Crippen LogP contribution >= 0.6 is 0 Å². The Kier molecular flexibility index (Phi) is 6.53. The van der Waals surface area contributed by atoms with Gasteiger partial charge in [-0.2, -0.15) is 0 Å². The van der Waals surface area contributed by atoms with E-state index >= 15 is 0 Å². The fourth-order valence-corrected chi connectivity index (χ4v) is 2.16. The molecule has 1 rings (SSSR count). The summed E-state index contributed by atoms with van der Waals surface area (Å²) in [7, 11) is 0. The topological polar surface area (TPSA) is 58.4 Å². The van der Waals surface area contributed by atoms with Crippen molar-refractivity contribution in [2.75, 3.05) is 19.6 Å². The molecule has 4 heteroatoms. The van der Waals surface area contributed by atoms with Crippen molar-refractivity contribution in [1.29, 1.82) is 0 Å². The average molecular weight is 263 g/mol. The van der Waals surface area contributed by atoms with Gasteiger partial charge in [-0.3, -0.25) is 9.69 Å². The summed E-state index contributed by atoms with van der Waals surface area (Å²) in [5, 5.41) is 2.92. The summed E-state index contributed by atoms with van der Waals surface area (Å²) >= 11 is 0. The molecule has 106 valence electrons. The fourth-order valence-electron chi connectivity index (χ4n) is 2.16. The second kappa shape index (κ2) is 7.92. The highest BCUT2D eigenvalue weighted by molar-refractivity contribution is 5.80. The predicted octanol–water partition coefficient (Wildman–Crippen LogP) is 1.53. The zero-order valence-corrected chi connectivity index (χ0v) is 12.1. The van der Waals surface area contributed by atoms with Gasteiger partial charge in [-0.05, 0) is 25.6 Å². The van der Waals surface area contributed by atoms with Crippen LogP contribution in [0, 0.1) is 0 Å². The third-order valence-corrected chi connectivity index (χ3v) is 3.32. The lowest BCUT2D eigenvalue weighted by molar-refractivity contribution is -0.122. The standard InChI is InChI=1S/C15H25N3O/c1-4-18(5-2)14(11-17-15(19)12(3)16)13-9-7-6-8-10-13/h6-10,12,14H,4-5,11,16H2,1-3H3,(H,17,19)/t12-,14?/m0/s1. The maximum atomic E-state index is 11.6. The Bertz CT molecular complexity index is 374. The normalized spacial score (nSPS) is 14.2. The summed E-state index contributed by atoms with van der Waals surface area (Å²) in [6.45, 7) is 8.45. The van der Waals surface area contributed by atoms with Gasteiger partial charge in [0.15, 0.2) is 0 Å². The number of hydrogen-bond acceptors (Lipinski definition) is 3. The van der Waals surface area contributed by atoms with E-state index in [2.05, 4.69) is 36.2 Å². The molecule has 0 aliphatic carbocycles. The van der Waals surface area contributed by atoms with Crippen molar-refractivity contribution in [3.05, 3.63) is 35.9 Å². The van der Waals surface area contributed by atoms with E-state index in [0.717, 1.165) is 13.1 Å². The van der Waals surface area contributed by atoms with Crippen molar-refractivity contribution in [3.63, 3.8) is 0 Å². The molecule has 0 aliphatic heterocycles. The number of nitrogens with two attached hydrogens (primary N) is 1. The van der Waals surface area contributed by atoms with Crippen LogP contribution in [0.3, 0.4) is 0 Å². The summed E-state index contributed by atoms with van der Waals surface area (Å²) < 4.78 is 0. The summed E-state index contributed by atoms with van der Waals surface area (Å²) in [5.74, 6) is -0.104. The van der Waals surface area contributed by atoms with Crippen LogP contribution < -0.4 is 11.1 Å². The highest BCUT2D eigenvalue weighted by Crippen LogP contribution is 2.19. The Balaban J connectivity index is 2.79. The molecule has 2 atom stereocenters. The van der Waals surface area contributed by atoms with E-state index in [9.17, 15) is 4.79 Å². The van der Waals surface area contributed by atoms with E-state index in [1.807, 2.05) is 18.2 Å². The molecule has 0 saturated carbocycles. The second-order valence-corrected chi connectivity index (χ2v) is 4.68. The molecule has 0 aliphatic rings. The van der Waals surface area contributed by atoms with Crippen molar-refractivity contribution in [1.82, 2.24) is 10.2 Å². The SMILES string of the molecule is CCN(CC)C(CNC(=O)[C@H](C)N)c1ccccc1. The van der Waals surface area contributed by atoms with Gasteiger partial charge in [-0.25, -0.2) is 0 Å². The van der Waals surface area contributed by atoms with E-state index in [0.29, 0.717) is 6.54 Å². The summed E-state index contributed by atoms with van der Waals surface area (Å²) in [6, 6.07) is 9.98. The Morgan fingerprint density at radius 3 is 2.32 bits per heavy atom. The molecule has 0 saturated heterocycles. The number of hydrogen-bond donors (Lipinski definition) is 2. The summed E-state index contributed by atoms with van der Waals surface area (Å²) in [5.41, 5.74) is 6.79. The van der Waals surface area contributed by atoms with E-state index in [4.69, 9.17) is 5.73 Å². The molecule has 4 nitrogen and oxygen atoms in total. The maximum absolute atomic E-state index is 11.6. The van der Waals surface area contributed by atoms with Crippen LogP contribution in [0.25, 0.3) is 0 Å². The Morgan fingerprint density at radius 1 is 1.26 bits per heavy atom. The van der Waals surface area contributed by atoms with Gasteiger partial charge in [0.25, 0.3) is 0 Å². The largest absolute Gasteiger partial charge is 0.353 e. The number of carbonyl (C=O) groups excluding carboxylic acids is 1. The Hall–Kier alpha value is -1.39. The molecule has 0 bridgehead atoms. The molecule has 0 fully saturated rings. The predicted molar refractivity (Wildman–Crippen MR) is 78.8 cm³/mol. The average Bonchev–Trinajstić information content (AvgIpc) is 2.43. The first-order valence-electron chi connectivity index (χ1n) is 6.92. The third kappa shape index (κ3) is 4.65. The van der Waals surface area contributed by atoms with Crippen molar-refractivity contribution in [2.24, 2.45) is 5.73 Å². The molecule has 3 N–H and O–H groups in total. The van der Waals surface area contributed by atoms with E-state index < -0.39 is 6.04 Å². The Morgan fingerprint density at radius 2 is 1.84 bits per heavy atom. The molecule has 0 heterocycles. The molecule has 1 unspecified atom stereocenters. The minimum atomic E-state index is -0.465. The number of carbonyl (C=O) groups is 1. The highest BCUT2D eigenvalue weighted by atomic mass is 16.2. The van der Waals surface area contributed by atoms with Crippen LogP contribution in [0.1, 0.15) is 32.4 Å². The van der Waals surface area contributed by atoms with Gasteiger partial charge in [0.05, 0.1) is 12.1 Å². The maximum Gasteiger partial charge on any atom is 0.236 e. The minimum Gasteiger partial charge on any atom is -0.353 e. The molecule has 1 aromatic rings. The number of benzene rings is 1. The van der Waals surface area contributed by atoms with Gasteiger partial charge in [0.2, 0.25) is 5.91 Å². The number of amides is 1. The van der Waals surface area contributed by atoms with Gasteiger partial charge in [-0.15, -0.1) is 0 Å². The van der Waals surface area contributed by atoms with Crippen LogP contribution in [0.15, 0.2) is 30.3 Å². The van der Waals surface area contributed by atoms with Gasteiger partial charge < -0.3 is 11.1 Å². The van der Waals surface area contributed by atoms with Crippen molar-refractivity contribution >= 4 is 5.91 Å². The van der Waals surface area contributed by atoms with Crippen LogP contribution in [-0.4, -0.2) is 36.5 Å². The summed E-state index contributed by atoms with van der Waals surface area (Å²) in [6.07, 6.45) is 0. The Labute approximate surface area is 116 Å². The van der Waals surface area contributed by atoms with Crippen LogP contribution in [-0.2, 0) is 4.79 Å². The fraction of sp³-hybridized carbons (Fsp3) is 0.533. The number of rotatable bonds is 7. The van der Waals surface area contributed by atoms with Crippen molar-refractivity contribution < 1.29 is 4.79 Å². The first kappa shape index (κ1) is 15.7. The molecule has 0 radical (unpaired) electrons. The first-order valence-corrected chi connectivity index (χ1v) is 6.92. The van der Waals surface area contributed by atoms with Gasteiger partial charge in [-0.1, -0.05) is 44.2 Å². The third-order valence-electron chi connectivity index (χ3n) is 3.32. The number of likely N-dealkylation sites (N-methyl/N-ethyl adjacent to an activating group) is 1. The smallest absolute Gasteiger partial charge is 0.236 e. The minimum absolute atomic E-state index is 0.104. The first-order chi connectivity index (χ1) is 9.10. The monoisotopic (exact) mass is 263 g/mol. The molecular weight excluding hydrogens is 238 g/mol. The van der Waals surface area contributed by atoms with E-state index in [1.54, 1.807) is 6.92 Å². The molecular formula is C15H25N3O. The van der Waals surface area contributed by atoms with Gasteiger partial charge in [0, 0.05) is 6.54 Å². The lowest BCUT2D eigenvalue weighted by Gasteiger charge is -2.30. The van der Waals surface area contributed by atoms with Crippen molar-refractivity contribution in [3.8, 4) is 0 Å². The van der Waals surface area contributed by atoms with E-state index in [1.165, 1.54) is 5.56 Å². The second-order valence-electron chi connectivity index (χ2n) is 4.68. The summed E-state index contributed by atoms with van der Waals surface area (Å²) in [4.78, 5) is 14.0. The van der Waals surface area contributed by atoms with Gasteiger partial charge >= 0.3 is 0 Å². The molecule has 0 aromatic heterocycles. The zero-order chi connectivity index (χ0) is 14.3. The molecule has 1 aromatic carbocycles. The number of nitrogens with zero attached hydrogens (tertiary/aromatic N) is 1. The van der Waals surface area contributed by atoms with Crippen molar-refractivity contribution in [2.45, 2.75) is 32.9 Å². The highest BCUT2D eigenvalue weighted by Gasteiger charge is 2.19. The van der Waals surface area contributed by atoms with E-state index in [-0.39, 0.29) is 11.9 Å². The lowest BCUT2D eigenvalue weighted by atomic mass is 10.0. The zero-order valence-electron chi connectivity index (χ0n) is 12.1.